The number of hydrogen-bond acceptors (Lipinski definition) is 5. The molecular weight excluding hydrogens is 557 g/mol. The molecule has 0 saturated carbocycles. The molecule has 3 heterocycles. The minimum Gasteiger partial charge on any atom is -0.486 e. The quantitative estimate of drug-likeness (QED) is 0.220. The first-order valence-electron chi connectivity index (χ1n) is 14.1. The van der Waals surface area contributed by atoms with Crippen LogP contribution in [0, 0.1) is 5.92 Å². The van der Waals surface area contributed by atoms with Crippen LogP contribution in [0.1, 0.15) is 62.1 Å². The van der Waals surface area contributed by atoms with Crippen molar-refractivity contribution in [3.8, 4) is 5.75 Å². The zero-order valence-corrected chi connectivity index (χ0v) is 25.5. The highest BCUT2D eigenvalue weighted by atomic mass is 35.5. The number of ether oxygens (including phenoxy) is 1. The third-order valence-electron chi connectivity index (χ3n) is 7.20. The van der Waals surface area contributed by atoms with Crippen molar-refractivity contribution in [2.75, 3.05) is 20.1 Å². The SMILES string of the molecule is CC.CNC(=O)C1CCN(Cc2ccc(/C=C/c3n[nH]c4ccc(OC(C)c5c(Cl)cncc5Cl)cc34)cc2)CC1. The lowest BCUT2D eigenvalue weighted by molar-refractivity contribution is -0.125. The zero-order chi connectivity index (χ0) is 29.4. The van der Waals surface area contributed by atoms with E-state index < -0.39 is 0 Å². The fraction of sp³-hybridized carbons (Fsp3) is 0.344. The van der Waals surface area contributed by atoms with Crippen LogP contribution in [-0.4, -0.2) is 46.1 Å². The van der Waals surface area contributed by atoms with Crippen LogP contribution in [0.3, 0.4) is 0 Å². The fourth-order valence-electron chi connectivity index (χ4n) is 5.01. The average Bonchev–Trinajstić information content (AvgIpc) is 3.40. The molecule has 5 rings (SSSR count). The van der Waals surface area contributed by atoms with E-state index in [9.17, 15) is 4.79 Å². The van der Waals surface area contributed by atoms with E-state index in [0.717, 1.165) is 54.6 Å². The Bertz CT molecular complexity index is 1460. The van der Waals surface area contributed by atoms with Gasteiger partial charge in [0.2, 0.25) is 5.91 Å². The van der Waals surface area contributed by atoms with Crippen molar-refractivity contribution >= 4 is 52.2 Å². The van der Waals surface area contributed by atoms with Crippen LogP contribution in [0.15, 0.2) is 54.9 Å². The summed E-state index contributed by atoms with van der Waals surface area (Å²) in [6.45, 7) is 8.69. The summed E-state index contributed by atoms with van der Waals surface area (Å²) >= 11 is 12.6. The van der Waals surface area contributed by atoms with Gasteiger partial charge in [0.25, 0.3) is 0 Å². The Hall–Kier alpha value is -3.39. The van der Waals surface area contributed by atoms with Gasteiger partial charge in [-0.1, -0.05) is 67.4 Å². The minimum atomic E-state index is -0.350. The molecule has 1 amide bonds. The summed E-state index contributed by atoms with van der Waals surface area (Å²) in [5, 5.41) is 12.2. The molecule has 216 valence electrons. The maximum atomic E-state index is 11.9. The number of piperidine rings is 1. The number of carbonyl (C=O) groups is 1. The molecule has 0 aliphatic carbocycles. The standard InChI is InChI=1S/C30H31Cl2N5O2.C2H6/c1-19(29-25(31)16-34-17-26(29)32)39-23-8-10-28-24(15-23)27(35-36-28)9-7-20-3-5-21(6-4-20)18-37-13-11-22(12-14-37)30(38)33-2;1-2/h3-10,15-17,19,22H,11-14,18H2,1-2H3,(H,33,38)(H,35,36);1-2H3/b9-7+;. The summed E-state index contributed by atoms with van der Waals surface area (Å²) in [5.74, 6) is 0.994. The number of aromatic nitrogens is 3. The number of aromatic amines is 1. The highest BCUT2D eigenvalue weighted by Crippen LogP contribution is 2.33. The lowest BCUT2D eigenvalue weighted by Gasteiger charge is -2.31. The number of pyridine rings is 1. The van der Waals surface area contributed by atoms with Gasteiger partial charge in [0.15, 0.2) is 0 Å². The number of fused-ring (bicyclic) bond motifs is 1. The van der Waals surface area contributed by atoms with Crippen molar-refractivity contribution in [2.45, 2.75) is 46.3 Å². The number of amides is 1. The van der Waals surface area contributed by atoms with Crippen LogP contribution in [0.4, 0.5) is 0 Å². The molecule has 41 heavy (non-hydrogen) atoms. The number of rotatable bonds is 8. The Morgan fingerprint density at radius 2 is 1.78 bits per heavy atom. The van der Waals surface area contributed by atoms with Crippen molar-refractivity contribution in [3.63, 3.8) is 0 Å². The van der Waals surface area contributed by atoms with Crippen LogP contribution in [0.2, 0.25) is 10.0 Å². The molecular formula is C32H37Cl2N5O2. The van der Waals surface area contributed by atoms with Crippen molar-refractivity contribution in [3.05, 3.63) is 87.3 Å². The summed E-state index contributed by atoms with van der Waals surface area (Å²) in [6, 6.07) is 14.4. The van der Waals surface area contributed by atoms with Gasteiger partial charge in [0.1, 0.15) is 11.9 Å². The number of H-pyrrole nitrogens is 1. The Morgan fingerprint density at radius 1 is 1.10 bits per heavy atom. The molecule has 0 spiro atoms. The van der Waals surface area contributed by atoms with Crippen LogP contribution in [-0.2, 0) is 11.3 Å². The molecule has 7 nitrogen and oxygen atoms in total. The van der Waals surface area contributed by atoms with Crippen molar-refractivity contribution < 1.29 is 9.53 Å². The highest BCUT2D eigenvalue weighted by Gasteiger charge is 2.24. The van der Waals surface area contributed by atoms with Crippen LogP contribution < -0.4 is 10.1 Å². The Kier molecular flexibility index (Phi) is 10.8. The van der Waals surface area contributed by atoms with E-state index in [0.29, 0.717) is 21.4 Å². The lowest BCUT2D eigenvalue weighted by atomic mass is 9.95. The normalized spacial score (nSPS) is 15.0. The summed E-state index contributed by atoms with van der Waals surface area (Å²) in [4.78, 5) is 18.3. The molecule has 1 aliphatic rings. The van der Waals surface area contributed by atoms with Gasteiger partial charge in [-0.25, -0.2) is 0 Å². The Balaban J connectivity index is 0.00000189. The molecule has 2 aromatic heterocycles. The molecule has 0 bridgehead atoms. The summed E-state index contributed by atoms with van der Waals surface area (Å²) < 4.78 is 6.17. The number of nitrogens with zero attached hydrogens (tertiary/aromatic N) is 3. The third-order valence-corrected chi connectivity index (χ3v) is 7.80. The molecule has 2 aromatic carbocycles. The maximum absolute atomic E-state index is 11.9. The predicted molar refractivity (Wildman–Crippen MR) is 168 cm³/mol. The molecule has 1 fully saturated rings. The summed E-state index contributed by atoms with van der Waals surface area (Å²) in [7, 11) is 1.71. The molecule has 0 radical (unpaired) electrons. The molecule has 1 aliphatic heterocycles. The number of benzene rings is 2. The van der Waals surface area contributed by atoms with Gasteiger partial charge >= 0.3 is 0 Å². The van der Waals surface area contributed by atoms with Gasteiger partial charge in [-0.15, -0.1) is 0 Å². The average molecular weight is 595 g/mol. The molecule has 4 aromatic rings. The van der Waals surface area contributed by atoms with E-state index >= 15 is 0 Å². The smallest absolute Gasteiger partial charge is 0.222 e. The Morgan fingerprint density at radius 3 is 2.44 bits per heavy atom. The number of nitrogens with one attached hydrogen (secondary N) is 2. The molecule has 1 atom stereocenters. The first-order valence-corrected chi connectivity index (χ1v) is 14.8. The van der Waals surface area contributed by atoms with Crippen molar-refractivity contribution in [2.24, 2.45) is 5.92 Å². The molecule has 9 heteroatoms. The predicted octanol–water partition coefficient (Wildman–Crippen LogP) is 7.56. The van der Waals surface area contributed by atoms with E-state index in [1.54, 1.807) is 19.4 Å². The third kappa shape index (κ3) is 7.67. The first-order chi connectivity index (χ1) is 19.9. The topological polar surface area (TPSA) is 83.1 Å². The number of carbonyl (C=O) groups excluding carboxylic acids is 1. The first kappa shape index (κ1) is 30.6. The van der Waals surface area contributed by atoms with Crippen LogP contribution in [0.25, 0.3) is 23.1 Å². The van der Waals surface area contributed by atoms with Gasteiger partial charge in [-0.3, -0.25) is 19.8 Å². The highest BCUT2D eigenvalue weighted by molar-refractivity contribution is 6.35. The van der Waals surface area contributed by atoms with Gasteiger partial charge in [0, 0.05) is 42.9 Å². The van der Waals surface area contributed by atoms with Gasteiger partial charge < -0.3 is 10.1 Å². The summed E-state index contributed by atoms with van der Waals surface area (Å²) in [6.07, 6.45) is 8.66. The summed E-state index contributed by atoms with van der Waals surface area (Å²) in [5.41, 5.74) is 4.81. The number of halogens is 2. The van der Waals surface area contributed by atoms with Crippen molar-refractivity contribution in [1.82, 2.24) is 25.4 Å². The van der Waals surface area contributed by atoms with Crippen LogP contribution in [0.5, 0.6) is 5.75 Å². The second-order valence-corrected chi connectivity index (χ2v) is 10.6. The monoisotopic (exact) mass is 593 g/mol. The largest absolute Gasteiger partial charge is 0.486 e. The molecule has 1 saturated heterocycles. The minimum absolute atomic E-state index is 0.140. The van der Waals surface area contributed by atoms with Gasteiger partial charge in [-0.2, -0.15) is 5.10 Å². The van der Waals surface area contributed by atoms with Crippen LogP contribution >= 0.6 is 23.2 Å². The maximum Gasteiger partial charge on any atom is 0.222 e. The molecule has 1 unspecified atom stereocenters. The second-order valence-electron chi connectivity index (χ2n) is 9.83. The van der Waals surface area contributed by atoms with E-state index in [-0.39, 0.29) is 17.9 Å². The molecule has 2 N–H and O–H groups in total. The second kappa shape index (κ2) is 14.5. The number of hydrogen-bond donors (Lipinski definition) is 2. The van der Waals surface area contributed by atoms with Gasteiger partial charge in [0.05, 0.1) is 21.3 Å². The van der Waals surface area contributed by atoms with E-state index in [1.807, 2.05) is 45.0 Å². The zero-order valence-electron chi connectivity index (χ0n) is 24.0. The van der Waals surface area contributed by atoms with E-state index in [2.05, 4.69) is 55.7 Å². The Labute approximate surface area is 251 Å². The lowest BCUT2D eigenvalue weighted by Crippen LogP contribution is -2.39. The van der Waals surface area contributed by atoms with E-state index in [4.69, 9.17) is 27.9 Å². The fourth-order valence-corrected chi connectivity index (χ4v) is 5.68. The number of likely N-dealkylation sites (tertiary alicyclic amines) is 1. The van der Waals surface area contributed by atoms with Crippen molar-refractivity contribution in [1.29, 1.82) is 0 Å². The van der Waals surface area contributed by atoms with Gasteiger partial charge in [-0.05, 0) is 68.3 Å². The van der Waals surface area contributed by atoms with E-state index in [1.165, 1.54) is 5.56 Å².